The first-order chi connectivity index (χ1) is 10.0. The first kappa shape index (κ1) is 15.0. The van der Waals surface area contributed by atoms with Crippen molar-refractivity contribution in [2.45, 2.75) is 26.9 Å². The van der Waals surface area contributed by atoms with E-state index in [1.54, 1.807) is 6.07 Å². The molecule has 1 aromatic heterocycles. The molecule has 0 atom stereocenters. The predicted molar refractivity (Wildman–Crippen MR) is 75.4 cm³/mol. The van der Waals surface area contributed by atoms with Crippen LogP contribution in [0.1, 0.15) is 28.1 Å². The number of rotatable bonds is 5. The first-order valence-corrected chi connectivity index (χ1v) is 6.41. The normalized spacial score (nSPS) is 11.9. The molecule has 21 heavy (non-hydrogen) atoms. The molecule has 1 aromatic carbocycles. The van der Waals surface area contributed by atoms with E-state index in [2.05, 4.69) is 15.6 Å². The van der Waals surface area contributed by atoms with Gasteiger partial charge in [-0.3, -0.25) is 0 Å². The van der Waals surface area contributed by atoms with Crippen molar-refractivity contribution in [2.75, 3.05) is 0 Å². The fourth-order valence-corrected chi connectivity index (χ4v) is 2.04. The Hall–Kier alpha value is -2.41. The maximum Gasteiger partial charge on any atom is 0.170 e. The van der Waals surface area contributed by atoms with E-state index in [1.807, 2.05) is 13.8 Å². The molecular formula is C14H17FN4O2. The summed E-state index contributed by atoms with van der Waals surface area (Å²) in [5.74, 6) is 0.200. The van der Waals surface area contributed by atoms with Gasteiger partial charge in [0.2, 0.25) is 0 Å². The highest BCUT2D eigenvalue weighted by atomic mass is 19.1. The molecule has 0 fully saturated rings. The monoisotopic (exact) mass is 292 g/mol. The third kappa shape index (κ3) is 3.57. The standard InChI is InChI=1S/C14H17FN4O2/c1-8-13(9(2)21-19-8)7-17-6-10-3-11(14(16)18-20)5-12(15)4-10/h3-5,17,20H,6-7H2,1-2H3,(H2,16,18). The molecule has 0 aliphatic carbocycles. The summed E-state index contributed by atoms with van der Waals surface area (Å²) in [5.41, 5.74) is 8.33. The van der Waals surface area contributed by atoms with E-state index in [-0.39, 0.29) is 5.84 Å². The summed E-state index contributed by atoms with van der Waals surface area (Å²) in [7, 11) is 0. The van der Waals surface area contributed by atoms with Gasteiger partial charge in [-0.15, -0.1) is 0 Å². The molecule has 0 radical (unpaired) electrons. The second kappa shape index (κ2) is 6.36. The fraction of sp³-hybridized carbons (Fsp3) is 0.286. The lowest BCUT2D eigenvalue weighted by molar-refractivity contribution is 0.318. The molecular weight excluding hydrogens is 275 g/mol. The van der Waals surface area contributed by atoms with Crippen LogP contribution in [0.3, 0.4) is 0 Å². The zero-order valence-corrected chi connectivity index (χ0v) is 11.9. The Bertz CT molecular complexity index is 647. The highest BCUT2D eigenvalue weighted by molar-refractivity contribution is 5.97. The van der Waals surface area contributed by atoms with Gasteiger partial charge in [0.05, 0.1) is 5.69 Å². The topological polar surface area (TPSA) is 96.7 Å². The molecule has 0 aliphatic heterocycles. The molecule has 4 N–H and O–H groups in total. The average Bonchev–Trinajstić information content (AvgIpc) is 2.77. The minimum atomic E-state index is -0.437. The Morgan fingerprint density at radius 1 is 1.38 bits per heavy atom. The number of benzene rings is 1. The highest BCUT2D eigenvalue weighted by Crippen LogP contribution is 2.13. The minimum absolute atomic E-state index is 0.124. The van der Waals surface area contributed by atoms with E-state index in [0.717, 1.165) is 17.0 Å². The number of hydrogen-bond donors (Lipinski definition) is 3. The third-order valence-corrected chi connectivity index (χ3v) is 3.17. The quantitative estimate of drug-likeness (QED) is 0.338. The van der Waals surface area contributed by atoms with E-state index < -0.39 is 5.82 Å². The van der Waals surface area contributed by atoms with Gasteiger partial charge in [0, 0.05) is 24.2 Å². The summed E-state index contributed by atoms with van der Waals surface area (Å²) >= 11 is 0. The smallest absolute Gasteiger partial charge is 0.170 e. The van der Waals surface area contributed by atoms with Crippen molar-refractivity contribution in [2.24, 2.45) is 10.9 Å². The van der Waals surface area contributed by atoms with Crippen molar-refractivity contribution in [3.8, 4) is 0 Å². The van der Waals surface area contributed by atoms with Crippen molar-refractivity contribution >= 4 is 5.84 Å². The van der Waals surface area contributed by atoms with E-state index in [4.69, 9.17) is 15.5 Å². The Morgan fingerprint density at radius 2 is 2.14 bits per heavy atom. The van der Waals surface area contributed by atoms with Crippen molar-refractivity contribution < 1.29 is 14.1 Å². The summed E-state index contributed by atoms with van der Waals surface area (Å²) in [6, 6.07) is 4.28. The summed E-state index contributed by atoms with van der Waals surface area (Å²) in [5, 5.41) is 18.6. The van der Waals surface area contributed by atoms with Crippen LogP contribution in [0.15, 0.2) is 27.9 Å². The minimum Gasteiger partial charge on any atom is -0.409 e. The molecule has 0 saturated heterocycles. The first-order valence-electron chi connectivity index (χ1n) is 6.41. The molecule has 2 aromatic rings. The largest absolute Gasteiger partial charge is 0.409 e. The Kier molecular flexibility index (Phi) is 4.54. The van der Waals surface area contributed by atoms with Crippen LogP contribution in [0.4, 0.5) is 4.39 Å². The molecule has 2 rings (SSSR count). The van der Waals surface area contributed by atoms with Crippen molar-refractivity contribution in [1.29, 1.82) is 0 Å². The molecule has 6 nitrogen and oxygen atoms in total. The Morgan fingerprint density at radius 3 is 2.76 bits per heavy atom. The van der Waals surface area contributed by atoms with Crippen LogP contribution in [-0.4, -0.2) is 16.2 Å². The Balaban J connectivity index is 2.05. The SMILES string of the molecule is Cc1noc(C)c1CNCc1cc(F)cc(/C(N)=N/O)c1. The lowest BCUT2D eigenvalue weighted by Gasteiger charge is -2.07. The highest BCUT2D eigenvalue weighted by Gasteiger charge is 2.09. The molecule has 1 heterocycles. The van der Waals surface area contributed by atoms with E-state index >= 15 is 0 Å². The van der Waals surface area contributed by atoms with Crippen molar-refractivity contribution in [1.82, 2.24) is 10.5 Å². The number of nitrogens with two attached hydrogens (primary N) is 1. The lowest BCUT2D eigenvalue weighted by atomic mass is 10.1. The molecule has 0 saturated carbocycles. The maximum atomic E-state index is 13.5. The maximum absolute atomic E-state index is 13.5. The molecule has 0 bridgehead atoms. The number of amidine groups is 1. The van der Waals surface area contributed by atoms with Gasteiger partial charge in [0.1, 0.15) is 11.6 Å². The van der Waals surface area contributed by atoms with Crippen LogP contribution >= 0.6 is 0 Å². The van der Waals surface area contributed by atoms with Gasteiger partial charge in [0.15, 0.2) is 5.84 Å². The molecule has 7 heteroatoms. The predicted octanol–water partition coefficient (Wildman–Crippen LogP) is 1.81. The van der Waals surface area contributed by atoms with Crippen LogP contribution in [0.5, 0.6) is 0 Å². The van der Waals surface area contributed by atoms with Gasteiger partial charge >= 0.3 is 0 Å². The molecule has 112 valence electrons. The summed E-state index contributed by atoms with van der Waals surface area (Å²) < 4.78 is 18.6. The number of hydrogen-bond acceptors (Lipinski definition) is 5. The second-order valence-corrected chi connectivity index (χ2v) is 4.74. The number of nitrogens with one attached hydrogen (secondary N) is 1. The Labute approximate surface area is 121 Å². The number of aromatic nitrogens is 1. The van der Waals surface area contributed by atoms with Gasteiger partial charge in [-0.05, 0) is 37.6 Å². The number of aryl methyl sites for hydroxylation is 2. The van der Waals surface area contributed by atoms with Gasteiger partial charge in [0.25, 0.3) is 0 Å². The summed E-state index contributed by atoms with van der Waals surface area (Å²) in [6.45, 7) is 4.71. The zero-order valence-electron chi connectivity index (χ0n) is 11.9. The fourth-order valence-electron chi connectivity index (χ4n) is 2.04. The molecule has 0 aliphatic rings. The number of oxime groups is 1. The second-order valence-electron chi connectivity index (χ2n) is 4.74. The van der Waals surface area contributed by atoms with Crippen molar-refractivity contribution in [3.63, 3.8) is 0 Å². The van der Waals surface area contributed by atoms with Gasteiger partial charge in [-0.25, -0.2) is 4.39 Å². The zero-order chi connectivity index (χ0) is 15.4. The van der Waals surface area contributed by atoms with Crippen LogP contribution in [0.25, 0.3) is 0 Å². The third-order valence-electron chi connectivity index (χ3n) is 3.17. The van der Waals surface area contributed by atoms with Crippen LogP contribution < -0.4 is 11.1 Å². The number of nitrogens with zero attached hydrogens (tertiary/aromatic N) is 2. The summed E-state index contributed by atoms with van der Waals surface area (Å²) in [4.78, 5) is 0. The molecule has 0 spiro atoms. The summed E-state index contributed by atoms with van der Waals surface area (Å²) in [6.07, 6.45) is 0. The molecule has 0 amide bonds. The molecule has 0 unspecified atom stereocenters. The van der Waals surface area contributed by atoms with Gasteiger partial charge in [-0.2, -0.15) is 0 Å². The van der Waals surface area contributed by atoms with Crippen LogP contribution in [-0.2, 0) is 13.1 Å². The van der Waals surface area contributed by atoms with Crippen LogP contribution in [0, 0.1) is 19.7 Å². The van der Waals surface area contributed by atoms with Gasteiger partial charge < -0.3 is 20.8 Å². The van der Waals surface area contributed by atoms with E-state index in [1.165, 1.54) is 12.1 Å². The lowest BCUT2D eigenvalue weighted by Crippen LogP contribution is -2.16. The van der Waals surface area contributed by atoms with Crippen LogP contribution in [0.2, 0.25) is 0 Å². The van der Waals surface area contributed by atoms with E-state index in [0.29, 0.717) is 24.2 Å². The van der Waals surface area contributed by atoms with E-state index in [9.17, 15) is 4.39 Å². The average molecular weight is 292 g/mol. The van der Waals surface area contributed by atoms with Crippen molar-refractivity contribution in [3.05, 3.63) is 52.2 Å². The van der Waals surface area contributed by atoms with Gasteiger partial charge in [-0.1, -0.05) is 10.3 Å². The number of halogens is 1.